The molecule has 2 aromatic carbocycles. The van der Waals surface area contributed by atoms with E-state index < -0.39 is 0 Å². The van der Waals surface area contributed by atoms with Crippen molar-refractivity contribution in [2.45, 2.75) is 13.8 Å². The fraction of sp³-hybridized carbons (Fsp3) is 0.217. The summed E-state index contributed by atoms with van der Waals surface area (Å²) in [4.78, 5) is 42.4. The number of anilines is 2. The van der Waals surface area contributed by atoms with Gasteiger partial charge in [-0.25, -0.2) is 0 Å². The van der Waals surface area contributed by atoms with Crippen LogP contribution in [-0.4, -0.2) is 40.0 Å². The van der Waals surface area contributed by atoms with Crippen LogP contribution in [0.5, 0.6) is 0 Å². The lowest BCUT2D eigenvalue weighted by Gasteiger charge is -2.17. The van der Waals surface area contributed by atoms with Gasteiger partial charge in [0.15, 0.2) is 0 Å². The molecular formula is C23H20ClN3O3S2. The highest BCUT2D eigenvalue weighted by Crippen LogP contribution is 2.44. The van der Waals surface area contributed by atoms with Crippen LogP contribution in [0.2, 0.25) is 5.02 Å². The smallest absolute Gasteiger partial charge is 0.267 e. The predicted molar refractivity (Wildman–Crippen MR) is 133 cm³/mol. The zero-order chi connectivity index (χ0) is 23.0. The summed E-state index contributed by atoms with van der Waals surface area (Å²) in [5, 5.41) is 3.33. The lowest BCUT2D eigenvalue weighted by Crippen LogP contribution is -2.35. The Bertz CT molecular complexity index is 1160. The number of carbonyl (C=O) groups is 3. The van der Waals surface area contributed by atoms with E-state index in [0.717, 1.165) is 11.8 Å². The molecule has 0 aliphatic carbocycles. The maximum atomic E-state index is 13.4. The van der Waals surface area contributed by atoms with Gasteiger partial charge in [-0.2, -0.15) is 0 Å². The van der Waals surface area contributed by atoms with Gasteiger partial charge >= 0.3 is 0 Å². The summed E-state index contributed by atoms with van der Waals surface area (Å²) >= 11 is 12.4. The fourth-order valence-electron chi connectivity index (χ4n) is 3.61. The number of thiocarbonyl (C=S) groups is 1. The number of nitrogens with one attached hydrogen (secondary N) is 1. The maximum Gasteiger partial charge on any atom is 0.267 e. The molecule has 2 aromatic rings. The van der Waals surface area contributed by atoms with Gasteiger partial charge in [0, 0.05) is 22.8 Å². The quantitative estimate of drug-likeness (QED) is 0.497. The van der Waals surface area contributed by atoms with Gasteiger partial charge in [0.25, 0.3) is 11.8 Å². The molecule has 0 bridgehead atoms. The summed E-state index contributed by atoms with van der Waals surface area (Å²) in [5.41, 5.74) is 2.09. The van der Waals surface area contributed by atoms with Crippen molar-refractivity contribution in [2.75, 3.05) is 23.3 Å². The lowest BCUT2D eigenvalue weighted by molar-refractivity contribution is -0.122. The number of halogens is 1. The molecule has 164 valence electrons. The lowest BCUT2D eigenvalue weighted by atomic mass is 10.1. The van der Waals surface area contributed by atoms with Crippen LogP contribution in [0.25, 0.3) is 5.57 Å². The number of benzene rings is 2. The molecule has 0 spiro atoms. The van der Waals surface area contributed by atoms with Crippen molar-refractivity contribution < 1.29 is 14.4 Å². The second kappa shape index (κ2) is 9.05. The highest BCUT2D eigenvalue weighted by Gasteiger charge is 2.42. The number of para-hydroxylation sites is 1. The van der Waals surface area contributed by atoms with Crippen LogP contribution in [0.3, 0.4) is 0 Å². The Morgan fingerprint density at radius 2 is 1.75 bits per heavy atom. The molecule has 3 amide bonds. The third-order valence-corrected chi connectivity index (χ3v) is 6.68. The van der Waals surface area contributed by atoms with Gasteiger partial charge in [-0.15, -0.1) is 0 Å². The summed E-state index contributed by atoms with van der Waals surface area (Å²) in [6, 6.07) is 13.9. The van der Waals surface area contributed by atoms with Crippen LogP contribution in [0.15, 0.2) is 53.4 Å². The second-order valence-corrected chi connectivity index (χ2v) is 9.93. The maximum absolute atomic E-state index is 13.4. The van der Waals surface area contributed by atoms with E-state index >= 15 is 0 Å². The Kier molecular flexibility index (Phi) is 6.37. The van der Waals surface area contributed by atoms with Crippen LogP contribution < -0.4 is 10.2 Å². The van der Waals surface area contributed by atoms with E-state index in [4.69, 9.17) is 23.8 Å². The molecule has 2 aliphatic heterocycles. The molecular weight excluding hydrogens is 466 g/mol. The van der Waals surface area contributed by atoms with Crippen molar-refractivity contribution in [3.05, 3.63) is 64.0 Å². The number of hydrogen-bond acceptors (Lipinski definition) is 5. The van der Waals surface area contributed by atoms with Gasteiger partial charge in [0.05, 0.1) is 16.2 Å². The molecule has 0 aromatic heterocycles. The first kappa shape index (κ1) is 22.5. The zero-order valence-electron chi connectivity index (χ0n) is 17.4. The van der Waals surface area contributed by atoms with Crippen molar-refractivity contribution in [3.63, 3.8) is 0 Å². The molecule has 2 aliphatic rings. The molecule has 0 unspecified atom stereocenters. The normalized spacial score (nSPS) is 18.1. The Hall–Kier alpha value is -2.68. The Morgan fingerprint density at radius 1 is 1.06 bits per heavy atom. The average molecular weight is 486 g/mol. The Balaban J connectivity index is 1.63. The molecule has 32 heavy (non-hydrogen) atoms. The monoisotopic (exact) mass is 485 g/mol. The number of nitrogens with zero attached hydrogens (tertiary/aromatic N) is 2. The zero-order valence-corrected chi connectivity index (χ0v) is 19.8. The average Bonchev–Trinajstić information content (AvgIpc) is 3.17. The molecule has 2 heterocycles. The number of rotatable bonds is 5. The third-order valence-electron chi connectivity index (χ3n) is 4.98. The molecule has 1 saturated heterocycles. The fourth-order valence-corrected chi connectivity index (χ4v) is 5.08. The van der Waals surface area contributed by atoms with Crippen LogP contribution >= 0.6 is 35.6 Å². The van der Waals surface area contributed by atoms with Crippen LogP contribution in [0.1, 0.15) is 19.4 Å². The van der Waals surface area contributed by atoms with E-state index in [2.05, 4.69) is 5.32 Å². The first-order chi connectivity index (χ1) is 15.3. The Labute approximate surface area is 200 Å². The Morgan fingerprint density at radius 3 is 2.44 bits per heavy atom. The van der Waals surface area contributed by atoms with Gasteiger partial charge < -0.3 is 5.32 Å². The molecule has 9 heteroatoms. The highest BCUT2D eigenvalue weighted by molar-refractivity contribution is 8.26. The van der Waals surface area contributed by atoms with Gasteiger partial charge in [0.1, 0.15) is 10.9 Å². The van der Waals surface area contributed by atoms with E-state index in [9.17, 15) is 14.4 Å². The van der Waals surface area contributed by atoms with Crippen molar-refractivity contribution in [2.24, 2.45) is 5.92 Å². The van der Waals surface area contributed by atoms with Gasteiger partial charge in [-0.3, -0.25) is 24.2 Å². The molecule has 0 atom stereocenters. The predicted octanol–water partition coefficient (Wildman–Crippen LogP) is 4.55. The van der Waals surface area contributed by atoms with Gasteiger partial charge in [-0.1, -0.05) is 67.6 Å². The molecule has 6 nitrogen and oxygen atoms in total. The first-order valence-electron chi connectivity index (χ1n) is 10.0. The van der Waals surface area contributed by atoms with Crippen LogP contribution in [0, 0.1) is 5.92 Å². The second-order valence-electron chi connectivity index (χ2n) is 7.85. The van der Waals surface area contributed by atoms with Gasteiger partial charge in [-0.05, 0) is 36.2 Å². The molecule has 0 radical (unpaired) electrons. The van der Waals surface area contributed by atoms with Crippen molar-refractivity contribution in [3.8, 4) is 0 Å². The van der Waals surface area contributed by atoms with Crippen LogP contribution in [-0.2, 0) is 14.4 Å². The van der Waals surface area contributed by atoms with E-state index in [-0.39, 0.29) is 30.2 Å². The SMILES string of the molecule is CC(C)CN1C(=O)C(=C2C(=O)N(CC(=O)Nc3ccc(Cl)cc3)c3ccccc32)SC1=S. The minimum absolute atomic E-state index is 0.186. The van der Waals surface area contributed by atoms with E-state index in [0.29, 0.717) is 43.3 Å². The van der Waals surface area contributed by atoms with Crippen LogP contribution in [0.4, 0.5) is 11.4 Å². The molecule has 1 fully saturated rings. The highest BCUT2D eigenvalue weighted by atomic mass is 35.5. The third kappa shape index (κ3) is 4.30. The van der Waals surface area contributed by atoms with E-state index in [1.165, 1.54) is 4.90 Å². The summed E-state index contributed by atoms with van der Waals surface area (Å²) in [7, 11) is 0. The standard InChI is InChI=1S/C23H20ClN3O3S2/c1-13(2)11-27-22(30)20(32-23(27)31)19-16-5-3-4-6-17(16)26(21(19)29)12-18(28)25-15-9-7-14(24)8-10-15/h3-10,13H,11-12H2,1-2H3,(H,25,28). The minimum Gasteiger partial charge on any atom is -0.325 e. The summed E-state index contributed by atoms with van der Waals surface area (Å²) < 4.78 is 0.440. The topological polar surface area (TPSA) is 69.7 Å². The van der Waals surface area contributed by atoms with Crippen molar-refractivity contribution >= 4 is 74.6 Å². The van der Waals surface area contributed by atoms with E-state index in [1.54, 1.807) is 53.4 Å². The number of hydrogen-bond donors (Lipinski definition) is 1. The summed E-state index contributed by atoms with van der Waals surface area (Å²) in [6.45, 7) is 4.31. The van der Waals surface area contributed by atoms with Gasteiger partial charge in [0.2, 0.25) is 5.91 Å². The minimum atomic E-state index is -0.387. The number of fused-ring (bicyclic) bond motifs is 1. The largest absolute Gasteiger partial charge is 0.325 e. The summed E-state index contributed by atoms with van der Waals surface area (Å²) in [5.74, 6) is -0.771. The molecule has 0 saturated carbocycles. The first-order valence-corrected chi connectivity index (χ1v) is 11.6. The number of thioether (sulfide) groups is 1. The molecule has 1 N–H and O–H groups in total. The molecule has 4 rings (SSSR count). The summed E-state index contributed by atoms with van der Waals surface area (Å²) in [6.07, 6.45) is 0. The van der Waals surface area contributed by atoms with Crippen molar-refractivity contribution in [1.29, 1.82) is 0 Å². The van der Waals surface area contributed by atoms with Crippen molar-refractivity contribution in [1.82, 2.24) is 4.90 Å². The number of carbonyl (C=O) groups excluding carboxylic acids is 3. The van der Waals surface area contributed by atoms with E-state index in [1.807, 2.05) is 13.8 Å². The number of amides is 3.